The number of hydrogen-bond donors (Lipinski definition) is 1. The third-order valence-corrected chi connectivity index (χ3v) is 4.99. The summed E-state index contributed by atoms with van der Waals surface area (Å²) in [5.41, 5.74) is 1.34. The van der Waals surface area contributed by atoms with E-state index in [2.05, 4.69) is 0 Å². The van der Waals surface area contributed by atoms with Crippen molar-refractivity contribution in [2.24, 2.45) is 0 Å². The molecule has 0 atom stereocenters. The predicted molar refractivity (Wildman–Crippen MR) is 123 cm³/mol. The van der Waals surface area contributed by atoms with Crippen LogP contribution in [0.15, 0.2) is 66.7 Å². The molecule has 0 aliphatic carbocycles. The van der Waals surface area contributed by atoms with Crippen LogP contribution in [0.25, 0.3) is 0 Å². The van der Waals surface area contributed by atoms with Crippen molar-refractivity contribution in [3.63, 3.8) is 0 Å². The zero-order valence-electron chi connectivity index (χ0n) is 19.0. The van der Waals surface area contributed by atoms with Gasteiger partial charge in [0.1, 0.15) is 28.6 Å². The molecule has 0 amide bonds. The Bertz CT molecular complexity index is 1040. The number of carbonyl (C=O) groups excluding carboxylic acids is 1. The standard InChI is InChI=1S/C27H30O4/c1-26(2,3)21-16-19(17-22(24(21)28)27(4,5)6)30-23-15-11-10-14-20(23)25(29)31-18-12-8-7-9-13-18/h7-17,28H,1-6H3. The first kappa shape index (κ1) is 22.4. The van der Waals surface area contributed by atoms with Crippen molar-refractivity contribution in [2.75, 3.05) is 0 Å². The molecule has 0 unspecified atom stereocenters. The second kappa shape index (κ2) is 8.46. The molecular weight excluding hydrogens is 388 g/mol. The van der Waals surface area contributed by atoms with Crippen LogP contribution in [0.1, 0.15) is 63.0 Å². The average Bonchev–Trinajstić information content (AvgIpc) is 2.68. The third-order valence-electron chi connectivity index (χ3n) is 4.99. The number of rotatable bonds is 4. The van der Waals surface area contributed by atoms with E-state index in [4.69, 9.17) is 9.47 Å². The van der Waals surface area contributed by atoms with E-state index in [1.165, 1.54) is 0 Å². The fourth-order valence-corrected chi connectivity index (χ4v) is 3.31. The third kappa shape index (κ3) is 5.26. The quantitative estimate of drug-likeness (QED) is 0.366. The highest BCUT2D eigenvalue weighted by Gasteiger charge is 2.27. The highest BCUT2D eigenvalue weighted by atomic mass is 16.5. The van der Waals surface area contributed by atoms with Gasteiger partial charge in [0.25, 0.3) is 0 Å². The Morgan fingerprint density at radius 3 is 1.81 bits per heavy atom. The van der Waals surface area contributed by atoms with Gasteiger partial charge in [-0.1, -0.05) is 71.9 Å². The Morgan fingerprint density at radius 2 is 1.26 bits per heavy atom. The van der Waals surface area contributed by atoms with Crippen molar-refractivity contribution < 1.29 is 19.4 Å². The molecule has 0 spiro atoms. The molecule has 3 rings (SSSR count). The molecule has 1 N–H and O–H groups in total. The molecule has 0 heterocycles. The van der Waals surface area contributed by atoms with Gasteiger partial charge >= 0.3 is 5.97 Å². The van der Waals surface area contributed by atoms with E-state index in [-0.39, 0.29) is 16.6 Å². The molecule has 4 heteroatoms. The largest absolute Gasteiger partial charge is 0.507 e. The van der Waals surface area contributed by atoms with Crippen LogP contribution in [-0.4, -0.2) is 11.1 Å². The smallest absolute Gasteiger partial charge is 0.347 e. The van der Waals surface area contributed by atoms with Gasteiger partial charge < -0.3 is 14.6 Å². The molecule has 0 bridgehead atoms. The lowest BCUT2D eigenvalue weighted by molar-refractivity contribution is 0.0732. The van der Waals surface area contributed by atoms with E-state index in [1.54, 1.807) is 30.3 Å². The summed E-state index contributed by atoms with van der Waals surface area (Å²) in [6.07, 6.45) is 0. The summed E-state index contributed by atoms with van der Waals surface area (Å²) < 4.78 is 11.7. The van der Waals surface area contributed by atoms with Crippen LogP contribution >= 0.6 is 0 Å². The fourth-order valence-electron chi connectivity index (χ4n) is 3.31. The second-order valence-electron chi connectivity index (χ2n) is 9.67. The molecule has 0 saturated heterocycles. The minimum absolute atomic E-state index is 0.282. The second-order valence-corrected chi connectivity index (χ2v) is 9.67. The molecule has 0 aromatic heterocycles. The van der Waals surface area contributed by atoms with Crippen LogP contribution in [-0.2, 0) is 10.8 Å². The molecule has 3 aromatic carbocycles. The number of para-hydroxylation sites is 2. The summed E-state index contributed by atoms with van der Waals surface area (Å²) >= 11 is 0. The molecule has 162 valence electrons. The predicted octanol–water partition coefficient (Wildman–Crippen LogP) is 7.00. The SMILES string of the molecule is CC(C)(C)c1cc(Oc2ccccc2C(=O)Oc2ccccc2)cc(C(C)(C)C)c1O. The Balaban J connectivity index is 2.01. The van der Waals surface area contributed by atoms with Gasteiger partial charge in [-0.05, 0) is 47.2 Å². The number of ether oxygens (including phenoxy) is 2. The van der Waals surface area contributed by atoms with Crippen LogP contribution in [0.3, 0.4) is 0 Å². The zero-order chi connectivity index (χ0) is 22.8. The van der Waals surface area contributed by atoms with E-state index in [0.717, 1.165) is 11.1 Å². The summed E-state index contributed by atoms with van der Waals surface area (Å²) in [6.45, 7) is 12.3. The molecule has 31 heavy (non-hydrogen) atoms. The summed E-state index contributed by atoms with van der Waals surface area (Å²) in [5.74, 6) is 1.22. The zero-order valence-corrected chi connectivity index (χ0v) is 19.0. The van der Waals surface area contributed by atoms with Gasteiger partial charge in [-0.2, -0.15) is 0 Å². The maximum Gasteiger partial charge on any atom is 0.347 e. The monoisotopic (exact) mass is 418 g/mol. The summed E-state index contributed by atoms with van der Waals surface area (Å²) in [4.78, 5) is 12.8. The van der Waals surface area contributed by atoms with Crippen molar-refractivity contribution in [2.45, 2.75) is 52.4 Å². The normalized spacial score (nSPS) is 11.8. The summed E-state index contributed by atoms with van der Waals surface area (Å²) in [6, 6.07) is 19.6. The number of benzene rings is 3. The van der Waals surface area contributed by atoms with Gasteiger partial charge in [-0.15, -0.1) is 0 Å². The first-order valence-corrected chi connectivity index (χ1v) is 10.4. The van der Waals surface area contributed by atoms with E-state index in [0.29, 0.717) is 22.8 Å². The van der Waals surface area contributed by atoms with Crippen LogP contribution in [0.4, 0.5) is 0 Å². The molecule has 0 aliphatic heterocycles. The minimum Gasteiger partial charge on any atom is -0.507 e. The minimum atomic E-state index is -0.493. The Morgan fingerprint density at radius 1 is 0.742 bits per heavy atom. The van der Waals surface area contributed by atoms with Crippen molar-refractivity contribution in [1.29, 1.82) is 0 Å². The van der Waals surface area contributed by atoms with Crippen LogP contribution < -0.4 is 9.47 Å². The first-order valence-electron chi connectivity index (χ1n) is 10.4. The maximum absolute atomic E-state index is 12.8. The lowest BCUT2D eigenvalue weighted by Crippen LogP contribution is -2.17. The topological polar surface area (TPSA) is 55.8 Å². The molecule has 0 aliphatic rings. The van der Waals surface area contributed by atoms with Crippen LogP contribution in [0.2, 0.25) is 0 Å². The van der Waals surface area contributed by atoms with Crippen molar-refractivity contribution >= 4 is 5.97 Å². The number of hydrogen-bond acceptors (Lipinski definition) is 4. The molecular formula is C27H30O4. The fraction of sp³-hybridized carbons (Fsp3) is 0.296. The van der Waals surface area contributed by atoms with Gasteiger partial charge in [-0.25, -0.2) is 4.79 Å². The Hall–Kier alpha value is -3.27. The lowest BCUT2D eigenvalue weighted by Gasteiger charge is -2.28. The van der Waals surface area contributed by atoms with E-state index >= 15 is 0 Å². The van der Waals surface area contributed by atoms with Crippen molar-refractivity contribution in [3.8, 4) is 23.0 Å². The Kier molecular flexibility index (Phi) is 6.12. The van der Waals surface area contributed by atoms with Gasteiger partial charge in [-0.3, -0.25) is 0 Å². The van der Waals surface area contributed by atoms with E-state index < -0.39 is 5.97 Å². The molecule has 0 fully saturated rings. The average molecular weight is 419 g/mol. The highest BCUT2D eigenvalue weighted by Crippen LogP contribution is 2.42. The first-order chi connectivity index (χ1) is 14.5. The van der Waals surface area contributed by atoms with Gasteiger partial charge in [0.2, 0.25) is 0 Å². The summed E-state index contributed by atoms with van der Waals surface area (Å²) in [5, 5.41) is 10.9. The molecule has 3 aromatic rings. The molecule has 0 saturated carbocycles. The van der Waals surface area contributed by atoms with E-state index in [9.17, 15) is 9.90 Å². The number of aromatic hydroxyl groups is 1. The number of esters is 1. The van der Waals surface area contributed by atoms with Crippen molar-refractivity contribution in [3.05, 3.63) is 83.4 Å². The van der Waals surface area contributed by atoms with Gasteiger partial charge in [0.05, 0.1) is 0 Å². The van der Waals surface area contributed by atoms with E-state index in [1.807, 2.05) is 77.9 Å². The lowest BCUT2D eigenvalue weighted by atomic mass is 9.79. The molecule has 0 radical (unpaired) electrons. The van der Waals surface area contributed by atoms with Crippen LogP contribution in [0.5, 0.6) is 23.0 Å². The number of carbonyl (C=O) groups is 1. The van der Waals surface area contributed by atoms with Crippen LogP contribution in [0, 0.1) is 0 Å². The number of phenolic OH excluding ortho intramolecular Hbond substituents is 1. The highest BCUT2D eigenvalue weighted by molar-refractivity contribution is 5.94. The van der Waals surface area contributed by atoms with Gasteiger partial charge in [0, 0.05) is 11.1 Å². The molecule has 4 nitrogen and oxygen atoms in total. The maximum atomic E-state index is 12.8. The summed E-state index contributed by atoms with van der Waals surface area (Å²) in [7, 11) is 0. The van der Waals surface area contributed by atoms with Gasteiger partial charge in [0.15, 0.2) is 0 Å². The number of phenols is 1. The Labute approximate surface area is 184 Å². The van der Waals surface area contributed by atoms with Crippen molar-refractivity contribution in [1.82, 2.24) is 0 Å².